The molecule has 0 radical (unpaired) electrons. The van der Waals surface area contributed by atoms with Gasteiger partial charge in [-0.3, -0.25) is 4.79 Å². The van der Waals surface area contributed by atoms with E-state index in [4.69, 9.17) is 4.74 Å². The Bertz CT molecular complexity index is 496. The first-order chi connectivity index (χ1) is 9.64. The third-order valence-electron chi connectivity index (χ3n) is 5.05. The van der Waals surface area contributed by atoms with Gasteiger partial charge in [0.1, 0.15) is 5.75 Å². The Kier molecular flexibility index (Phi) is 3.45. The van der Waals surface area contributed by atoms with Gasteiger partial charge in [-0.1, -0.05) is 6.07 Å². The third kappa shape index (κ3) is 2.41. The quantitative estimate of drug-likeness (QED) is 0.792. The van der Waals surface area contributed by atoms with E-state index in [-0.39, 0.29) is 0 Å². The first-order valence-electron chi connectivity index (χ1n) is 7.49. The number of rotatable bonds is 3. The number of likely N-dealkylation sites (tertiary alicyclic amines) is 1. The predicted octanol–water partition coefficient (Wildman–Crippen LogP) is 3.12. The molecule has 1 aromatic carbocycles. The Morgan fingerprint density at radius 3 is 2.55 bits per heavy atom. The number of hydrogen-bond acceptors (Lipinski definition) is 2. The van der Waals surface area contributed by atoms with E-state index >= 15 is 0 Å². The van der Waals surface area contributed by atoms with E-state index in [2.05, 4.69) is 25.1 Å². The molecular weight excluding hydrogens is 250 g/mol. The van der Waals surface area contributed by atoms with Crippen molar-refractivity contribution in [1.29, 1.82) is 0 Å². The molecule has 1 aliphatic carbocycles. The van der Waals surface area contributed by atoms with Crippen molar-refractivity contribution in [3.63, 3.8) is 0 Å². The number of nitrogens with zero attached hydrogens (tertiary/aromatic N) is 1. The van der Waals surface area contributed by atoms with Crippen LogP contribution >= 0.6 is 0 Å². The van der Waals surface area contributed by atoms with Crippen LogP contribution in [-0.4, -0.2) is 31.5 Å². The molecule has 1 saturated heterocycles. The summed E-state index contributed by atoms with van der Waals surface area (Å²) in [6, 6.07) is 6.57. The van der Waals surface area contributed by atoms with Crippen LogP contribution in [0.3, 0.4) is 0 Å². The fraction of sp³-hybridized carbons (Fsp3) is 0.588. The molecule has 2 aliphatic rings. The lowest BCUT2D eigenvalue weighted by Crippen LogP contribution is -2.56. The summed E-state index contributed by atoms with van der Waals surface area (Å²) in [5, 5.41) is 0. The van der Waals surface area contributed by atoms with Gasteiger partial charge in [0.15, 0.2) is 0 Å². The average Bonchev–Trinajstić information content (AvgIpc) is 2.44. The molecule has 1 aliphatic heterocycles. The highest BCUT2D eigenvalue weighted by molar-refractivity contribution is 5.49. The molecule has 3 rings (SSSR count). The van der Waals surface area contributed by atoms with Crippen LogP contribution < -0.4 is 4.74 Å². The smallest absolute Gasteiger partial charge is 0.209 e. The highest BCUT2D eigenvalue weighted by Gasteiger charge is 2.44. The SMILES string of the molecule is COc1cc(C)cc(C2CCC3(CC2)CN(C=O)C3)c1. The predicted molar refractivity (Wildman–Crippen MR) is 79.0 cm³/mol. The van der Waals surface area contributed by atoms with E-state index in [1.165, 1.54) is 36.8 Å². The molecule has 1 aromatic rings. The van der Waals surface area contributed by atoms with Crippen molar-refractivity contribution in [1.82, 2.24) is 4.90 Å². The molecule has 2 fully saturated rings. The van der Waals surface area contributed by atoms with Gasteiger partial charge in [-0.05, 0) is 61.8 Å². The van der Waals surface area contributed by atoms with Crippen LogP contribution in [0.1, 0.15) is 42.7 Å². The lowest BCUT2D eigenvalue weighted by molar-refractivity contribution is -0.131. The number of ether oxygens (including phenoxy) is 1. The van der Waals surface area contributed by atoms with Crippen LogP contribution in [-0.2, 0) is 4.79 Å². The van der Waals surface area contributed by atoms with Crippen LogP contribution in [0, 0.1) is 12.3 Å². The van der Waals surface area contributed by atoms with E-state index in [9.17, 15) is 4.79 Å². The summed E-state index contributed by atoms with van der Waals surface area (Å²) in [6.45, 7) is 4.07. The van der Waals surface area contributed by atoms with Crippen molar-refractivity contribution in [2.24, 2.45) is 5.41 Å². The van der Waals surface area contributed by atoms with Gasteiger partial charge in [-0.15, -0.1) is 0 Å². The van der Waals surface area contributed by atoms with E-state index in [0.717, 1.165) is 25.2 Å². The summed E-state index contributed by atoms with van der Waals surface area (Å²) in [4.78, 5) is 12.6. The molecule has 3 nitrogen and oxygen atoms in total. The molecule has 0 aromatic heterocycles. The molecule has 1 heterocycles. The van der Waals surface area contributed by atoms with Gasteiger partial charge in [-0.2, -0.15) is 0 Å². The Balaban J connectivity index is 1.66. The average molecular weight is 273 g/mol. The largest absolute Gasteiger partial charge is 0.497 e. The molecule has 0 bridgehead atoms. The zero-order chi connectivity index (χ0) is 14.2. The minimum absolute atomic E-state index is 0.436. The fourth-order valence-electron chi connectivity index (χ4n) is 3.90. The molecule has 1 spiro atoms. The first-order valence-corrected chi connectivity index (χ1v) is 7.49. The standard InChI is InChI=1S/C17H23NO2/c1-13-7-15(9-16(8-13)20-2)14-3-5-17(6-4-14)10-18(11-17)12-19/h7-9,12,14H,3-6,10-11H2,1-2H3. The zero-order valence-electron chi connectivity index (χ0n) is 12.4. The Hall–Kier alpha value is -1.51. The second kappa shape index (κ2) is 5.12. The van der Waals surface area contributed by atoms with E-state index in [1.807, 2.05) is 4.90 Å². The number of hydrogen-bond donors (Lipinski definition) is 0. The highest BCUT2D eigenvalue weighted by Crippen LogP contribution is 2.48. The maximum Gasteiger partial charge on any atom is 0.209 e. The van der Waals surface area contributed by atoms with Crippen molar-refractivity contribution in [2.75, 3.05) is 20.2 Å². The summed E-state index contributed by atoms with van der Waals surface area (Å²) in [5.74, 6) is 1.62. The molecule has 0 unspecified atom stereocenters. The van der Waals surface area contributed by atoms with E-state index in [0.29, 0.717) is 11.3 Å². The molecule has 0 N–H and O–H groups in total. The Morgan fingerprint density at radius 2 is 1.95 bits per heavy atom. The Labute approximate surface area is 120 Å². The number of aryl methyl sites for hydroxylation is 1. The fourth-order valence-corrected chi connectivity index (χ4v) is 3.90. The second-order valence-electron chi connectivity index (χ2n) is 6.57. The summed E-state index contributed by atoms with van der Waals surface area (Å²) >= 11 is 0. The summed E-state index contributed by atoms with van der Waals surface area (Å²) < 4.78 is 5.38. The topological polar surface area (TPSA) is 29.5 Å². The lowest BCUT2D eigenvalue weighted by Gasteiger charge is -2.52. The maximum atomic E-state index is 10.7. The van der Waals surface area contributed by atoms with Crippen LogP contribution in [0.5, 0.6) is 5.75 Å². The Morgan fingerprint density at radius 1 is 1.25 bits per heavy atom. The van der Waals surface area contributed by atoms with Crippen LogP contribution in [0.15, 0.2) is 18.2 Å². The van der Waals surface area contributed by atoms with Crippen LogP contribution in [0.4, 0.5) is 0 Å². The molecular formula is C17H23NO2. The summed E-state index contributed by atoms with van der Waals surface area (Å²) in [5.41, 5.74) is 3.13. The third-order valence-corrected chi connectivity index (χ3v) is 5.05. The van der Waals surface area contributed by atoms with Crippen molar-refractivity contribution in [2.45, 2.75) is 38.5 Å². The van der Waals surface area contributed by atoms with E-state index in [1.54, 1.807) is 7.11 Å². The number of amides is 1. The molecule has 1 saturated carbocycles. The van der Waals surface area contributed by atoms with Crippen molar-refractivity contribution in [3.8, 4) is 5.75 Å². The highest BCUT2D eigenvalue weighted by atomic mass is 16.5. The summed E-state index contributed by atoms with van der Waals surface area (Å²) in [6.07, 6.45) is 5.96. The molecule has 1 amide bonds. The van der Waals surface area contributed by atoms with E-state index < -0.39 is 0 Å². The number of carbonyl (C=O) groups is 1. The van der Waals surface area contributed by atoms with Gasteiger partial charge in [0.25, 0.3) is 0 Å². The van der Waals surface area contributed by atoms with Crippen LogP contribution in [0.2, 0.25) is 0 Å². The number of benzene rings is 1. The second-order valence-corrected chi connectivity index (χ2v) is 6.57. The van der Waals surface area contributed by atoms with Gasteiger partial charge < -0.3 is 9.64 Å². The first kappa shape index (κ1) is 13.5. The minimum Gasteiger partial charge on any atom is -0.497 e. The van der Waals surface area contributed by atoms with Crippen molar-refractivity contribution < 1.29 is 9.53 Å². The maximum absolute atomic E-state index is 10.7. The zero-order valence-corrected chi connectivity index (χ0v) is 12.4. The monoisotopic (exact) mass is 273 g/mol. The number of carbonyl (C=O) groups excluding carboxylic acids is 1. The van der Waals surface area contributed by atoms with Gasteiger partial charge in [-0.25, -0.2) is 0 Å². The lowest BCUT2D eigenvalue weighted by atomic mass is 9.65. The molecule has 108 valence electrons. The molecule has 0 atom stereocenters. The molecule has 3 heteroatoms. The minimum atomic E-state index is 0.436. The number of methoxy groups -OCH3 is 1. The van der Waals surface area contributed by atoms with Gasteiger partial charge in [0.05, 0.1) is 7.11 Å². The van der Waals surface area contributed by atoms with Gasteiger partial charge in [0, 0.05) is 18.5 Å². The van der Waals surface area contributed by atoms with Crippen molar-refractivity contribution >= 4 is 6.41 Å². The van der Waals surface area contributed by atoms with Gasteiger partial charge >= 0.3 is 0 Å². The van der Waals surface area contributed by atoms with Crippen LogP contribution in [0.25, 0.3) is 0 Å². The summed E-state index contributed by atoms with van der Waals surface area (Å²) in [7, 11) is 1.73. The molecule has 20 heavy (non-hydrogen) atoms. The normalized spacial score (nSPS) is 21.6. The van der Waals surface area contributed by atoms with Gasteiger partial charge in [0.2, 0.25) is 6.41 Å². The van der Waals surface area contributed by atoms with Crippen molar-refractivity contribution in [3.05, 3.63) is 29.3 Å².